The Kier molecular flexibility index (Phi) is 5.26. The van der Waals surface area contributed by atoms with Crippen molar-refractivity contribution in [3.8, 4) is 11.5 Å². The maximum absolute atomic E-state index is 13.6. The van der Waals surface area contributed by atoms with Gasteiger partial charge in [-0.3, -0.25) is 9.69 Å². The zero-order chi connectivity index (χ0) is 21.4. The summed E-state index contributed by atoms with van der Waals surface area (Å²) >= 11 is 0. The zero-order valence-corrected chi connectivity index (χ0v) is 18.2. The second-order valence-corrected chi connectivity index (χ2v) is 8.99. The first kappa shape index (κ1) is 20.2. The van der Waals surface area contributed by atoms with Gasteiger partial charge in [0.05, 0.1) is 24.8 Å². The molecule has 164 valence electrons. The first-order valence-corrected chi connectivity index (χ1v) is 11.3. The van der Waals surface area contributed by atoms with Crippen LogP contribution in [-0.2, 0) is 16.8 Å². The fourth-order valence-electron chi connectivity index (χ4n) is 5.23. The summed E-state index contributed by atoms with van der Waals surface area (Å²) < 4.78 is 11.5. The Morgan fingerprint density at radius 2 is 1.81 bits per heavy atom. The summed E-state index contributed by atoms with van der Waals surface area (Å²) in [5.74, 6) is 1.73. The van der Waals surface area contributed by atoms with Gasteiger partial charge in [-0.2, -0.15) is 0 Å². The fourth-order valence-corrected chi connectivity index (χ4v) is 5.23. The highest BCUT2D eigenvalue weighted by atomic mass is 16.5. The summed E-state index contributed by atoms with van der Waals surface area (Å²) in [6, 6.07) is 11.8. The molecule has 2 heterocycles. The van der Waals surface area contributed by atoms with Crippen molar-refractivity contribution in [1.29, 1.82) is 0 Å². The van der Waals surface area contributed by atoms with E-state index >= 15 is 0 Å². The number of methoxy groups -OCH3 is 1. The molecule has 3 aliphatic rings. The lowest BCUT2D eigenvalue weighted by atomic mass is 9.65. The SMILES string of the molecule is COc1ccc(CN2C(=O)C3(CCC3)c3cc(N)cc(OCCN4CCCC4)c32)cc1. The van der Waals surface area contributed by atoms with Gasteiger partial charge in [0.15, 0.2) is 0 Å². The van der Waals surface area contributed by atoms with E-state index in [1.807, 2.05) is 41.3 Å². The number of nitrogens with zero attached hydrogens (tertiary/aromatic N) is 2. The molecule has 2 aliphatic heterocycles. The van der Waals surface area contributed by atoms with E-state index in [9.17, 15) is 4.79 Å². The molecule has 0 atom stereocenters. The number of rotatable bonds is 7. The number of ether oxygens (including phenoxy) is 2. The summed E-state index contributed by atoms with van der Waals surface area (Å²) in [7, 11) is 1.66. The predicted molar refractivity (Wildman–Crippen MR) is 122 cm³/mol. The normalized spacial score (nSPS) is 19.5. The third-order valence-corrected chi connectivity index (χ3v) is 7.11. The maximum Gasteiger partial charge on any atom is 0.238 e. The van der Waals surface area contributed by atoms with Gasteiger partial charge < -0.3 is 20.1 Å². The molecule has 0 unspecified atom stereocenters. The van der Waals surface area contributed by atoms with Gasteiger partial charge in [0, 0.05) is 18.3 Å². The predicted octanol–water partition coefficient (Wildman–Crippen LogP) is 3.72. The van der Waals surface area contributed by atoms with Crippen molar-refractivity contribution >= 4 is 17.3 Å². The number of nitrogen functional groups attached to an aromatic ring is 1. The van der Waals surface area contributed by atoms with E-state index < -0.39 is 5.41 Å². The van der Waals surface area contributed by atoms with Crippen LogP contribution in [0.25, 0.3) is 0 Å². The van der Waals surface area contributed by atoms with Crippen LogP contribution in [0.2, 0.25) is 0 Å². The summed E-state index contributed by atoms with van der Waals surface area (Å²) in [4.78, 5) is 18.0. The Balaban J connectivity index is 1.45. The van der Waals surface area contributed by atoms with Crippen LogP contribution in [0.5, 0.6) is 11.5 Å². The Morgan fingerprint density at radius 1 is 1.06 bits per heavy atom. The lowest BCUT2D eigenvalue weighted by molar-refractivity contribution is -0.126. The average Bonchev–Trinajstić information content (AvgIpc) is 3.33. The molecular formula is C25H31N3O3. The monoisotopic (exact) mass is 421 g/mol. The molecule has 6 heteroatoms. The molecule has 2 aromatic carbocycles. The molecule has 0 aromatic heterocycles. The van der Waals surface area contributed by atoms with Crippen molar-refractivity contribution in [2.75, 3.05) is 44.0 Å². The third kappa shape index (κ3) is 3.53. The number of likely N-dealkylation sites (tertiary alicyclic amines) is 1. The smallest absolute Gasteiger partial charge is 0.238 e. The van der Waals surface area contributed by atoms with Crippen molar-refractivity contribution in [2.24, 2.45) is 0 Å². The topological polar surface area (TPSA) is 68.0 Å². The van der Waals surface area contributed by atoms with E-state index in [-0.39, 0.29) is 5.91 Å². The Morgan fingerprint density at radius 3 is 2.45 bits per heavy atom. The lowest BCUT2D eigenvalue weighted by Crippen LogP contribution is -2.44. The van der Waals surface area contributed by atoms with Gasteiger partial charge in [0.25, 0.3) is 0 Å². The molecule has 31 heavy (non-hydrogen) atoms. The van der Waals surface area contributed by atoms with Crippen molar-refractivity contribution in [2.45, 2.75) is 44.1 Å². The number of anilines is 2. The van der Waals surface area contributed by atoms with E-state index in [1.165, 1.54) is 12.8 Å². The van der Waals surface area contributed by atoms with Crippen LogP contribution in [0.15, 0.2) is 36.4 Å². The quantitative estimate of drug-likeness (QED) is 0.690. The van der Waals surface area contributed by atoms with Crippen LogP contribution in [-0.4, -0.2) is 44.2 Å². The number of carbonyl (C=O) groups excluding carboxylic acids is 1. The second kappa shape index (κ2) is 8.08. The van der Waals surface area contributed by atoms with Gasteiger partial charge in [0.2, 0.25) is 5.91 Å². The van der Waals surface area contributed by atoms with E-state index in [4.69, 9.17) is 15.2 Å². The van der Waals surface area contributed by atoms with Crippen LogP contribution in [0.3, 0.4) is 0 Å². The number of benzene rings is 2. The average molecular weight is 422 g/mol. The fraction of sp³-hybridized carbons (Fsp3) is 0.480. The minimum atomic E-state index is -0.426. The maximum atomic E-state index is 13.6. The van der Waals surface area contributed by atoms with Gasteiger partial charge in [-0.05, 0) is 68.1 Å². The van der Waals surface area contributed by atoms with E-state index in [1.54, 1.807) is 7.11 Å². The van der Waals surface area contributed by atoms with E-state index in [0.717, 1.165) is 67.2 Å². The van der Waals surface area contributed by atoms with Crippen molar-refractivity contribution < 1.29 is 14.3 Å². The van der Waals surface area contributed by atoms with Crippen LogP contribution >= 0.6 is 0 Å². The molecule has 2 N–H and O–H groups in total. The molecule has 2 fully saturated rings. The number of hydrogen-bond donors (Lipinski definition) is 1. The van der Waals surface area contributed by atoms with Crippen molar-refractivity contribution in [3.63, 3.8) is 0 Å². The molecule has 1 saturated heterocycles. The molecule has 0 radical (unpaired) electrons. The summed E-state index contributed by atoms with van der Waals surface area (Å²) in [5.41, 5.74) is 9.54. The highest BCUT2D eigenvalue weighted by Crippen LogP contribution is 2.57. The number of hydrogen-bond acceptors (Lipinski definition) is 5. The molecule has 1 aliphatic carbocycles. The highest BCUT2D eigenvalue weighted by molar-refractivity contribution is 6.10. The molecule has 5 rings (SSSR count). The number of amides is 1. The van der Waals surface area contributed by atoms with Crippen LogP contribution in [0.1, 0.15) is 43.2 Å². The minimum absolute atomic E-state index is 0.180. The summed E-state index contributed by atoms with van der Waals surface area (Å²) in [5, 5.41) is 0. The number of fused-ring (bicyclic) bond motifs is 2. The van der Waals surface area contributed by atoms with Gasteiger partial charge in [-0.15, -0.1) is 0 Å². The van der Waals surface area contributed by atoms with Crippen LogP contribution in [0, 0.1) is 0 Å². The highest BCUT2D eigenvalue weighted by Gasteiger charge is 2.55. The molecule has 0 bridgehead atoms. The Bertz CT molecular complexity index is 963. The molecule has 1 saturated carbocycles. The largest absolute Gasteiger partial charge is 0.497 e. The summed E-state index contributed by atoms with van der Waals surface area (Å²) in [6.45, 7) is 4.31. The van der Waals surface area contributed by atoms with Crippen molar-refractivity contribution in [1.82, 2.24) is 4.90 Å². The van der Waals surface area contributed by atoms with Crippen LogP contribution in [0.4, 0.5) is 11.4 Å². The van der Waals surface area contributed by atoms with Crippen molar-refractivity contribution in [3.05, 3.63) is 47.5 Å². The first-order valence-electron chi connectivity index (χ1n) is 11.3. The molecule has 2 aromatic rings. The Hall–Kier alpha value is -2.73. The summed E-state index contributed by atoms with van der Waals surface area (Å²) in [6.07, 6.45) is 5.37. The molecular weight excluding hydrogens is 390 g/mol. The second-order valence-electron chi connectivity index (χ2n) is 8.99. The van der Waals surface area contributed by atoms with Crippen LogP contribution < -0.4 is 20.1 Å². The van der Waals surface area contributed by atoms with Gasteiger partial charge in [0.1, 0.15) is 18.1 Å². The number of nitrogens with two attached hydrogens (primary N) is 1. The molecule has 1 spiro atoms. The molecule has 1 amide bonds. The number of carbonyl (C=O) groups is 1. The van der Waals surface area contributed by atoms with Gasteiger partial charge in [-0.25, -0.2) is 0 Å². The van der Waals surface area contributed by atoms with Gasteiger partial charge in [-0.1, -0.05) is 18.6 Å². The lowest BCUT2D eigenvalue weighted by Gasteiger charge is -2.37. The third-order valence-electron chi connectivity index (χ3n) is 7.11. The minimum Gasteiger partial charge on any atom is -0.497 e. The zero-order valence-electron chi connectivity index (χ0n) is 18.2. The molecule has 6 nitrogen and oxygen atoms in total. The standard InChI is InChI=1S/C25H31N3O3/c1-30-20-7-5-18(6-8-20)17-28-23-21(25(24(28)29)9-4-10-25)15-19(26)16-22(23)31-14-13-27-11-2-3-12-27/h5-8,15-16H,2-4,9-14,17,26H2,1H3. The van der Waals surface area contributed by atoms with E-state index in [2.05, 4.69) is 4.90 Å². The Labute approximate surface area is 183 Å². The first-order chi connectivity index (χ1) is 15.1. The van der Waals surface area contributed by atoms with Gasteiger partial charge >= 0.3 is 0 Å². The van der Waals surface area contributed by atoms with E-state index in [0.29, 0.717) is 18.8 Å².